The van der Waals surface area contributed by atoms with E-state index < -0.39 is 41.0 Å². The van der Waals surface area contributed by atoms with Crippen molar-refractivity contribution in [3.63, 3.8) is 0 Å². The maximum Gasteiger partial charge on any atom is 0.323 e. The fourth-order valence-electron chi connectivity index (χ4n) is 1.12. The molecule has 6 N–H and O–H groups in total. The Balaban J connectivity index is 3.13. The van der Waals surface area contributed by atoms with Crippen LogP contribution >= 0.6 is 0 Å². The van der Waals surface area contributed by atoms with Crippen LogP contribution in [0.3, 0.4) is 0 Å². The number of phenolic OH excluding ortho intramolecular Hbond substituents is 2. The number of carboxylic acid groups (broad SMARTS) is 1. The number of rotatable bonds is 3. The molecule has 0 amide bonds. The van der Waals surface area contributed by atoms with Gasteiger partial charge in [-0.15, -0.1) is 0 Å². The van der Waals surface area contributed by atoms with Crippen LogP contribution < -0.4 is 5.73 Å². The van der Waals surface area contributed by atoms with E-state index in [2.05, 4.69) is 0 Å². The van der Waals surface area contributed by atoms with Crippen molar-refractivity contribution < 1.29 is 29.6 Å². The zero-order chi connectivity index (χ0) is 12.5. The van der Waals surface area contributed by atoms with Gasteiger partial charge in [-0.05, 0) is 6.07 Å². The molecule has 7 heteroatoms. The van der Waals surface area contributed by atoms with Crippen molar-refractivity contribution >= 4 is 5.97 Å². The molecule has 0 saturated carbocycles. The van der Waals surface area contributed by atoms with Crippen LogP contribution in [0, 0.1) is 5.82 Å². The quantitative estimate of drug-likeness (QED) is 0.454. The van der Waals surface area contributed by atoms with E-state index in [9.17, 15) is 14.3 Å². The highest BCUT2D eigenvalue weighted by molar-refractivity contribution is 5.74. The van der Waals surface area contributed by atoms with E-state index in [0.29, 0.717) is 6.07 Å². The molecule has 0 bridgehead atoms. The molecule has 0 aromatic heterocycles. The normalized spacial score (nSPS) is 14.4. The number of nitrogens with two attached hydrogens (primary N) is 1. The second-order valence-corrected chi connectivity index (χ2v) is 3.17. The SMILES string of the molecule is N[C@H](C(=O)O)[C@@H](O)c1cc(O)c(O)cc1F. The van der Waals surface area contributed by atoms with E-state index in [-0.39, 0.29) is 0 Å². The van der Waals surface area contributed by atoms with Crippen LogP contribution in [0.4, 0.5) is 4.39 Å². The van der Waals surface area contributed by atoms with Crippen molar-refractivity contribution in [1.82, 2.24) is 0 Å². The molecular weight excluding hydrogens is 221 g/mol. The van der Waals surface area contributed by atoms with Gasteiger partial charge >= 0.3 is 5.97 Å². The van der Waals surface area contributed by atoms with Gasteiger partial charge in [-0.2, -0.15) is 0 Å². The van der Waals surface area contributed by atoms with Gasteiger partial charge in [-0.1, -0.05) is 0 Å². The van der Waals surface area contributed by atoms with Crippen LogP contribution in [-0.2, 0) is 4.79 Å². The van der Waals surface area contributed by atoms with Gasteiger partial charge in [0, 0.05) is 11.6 Å². The Bertz CT molecular complexity index is 423. The number of carbonyl (C=O) groups is 1. The number of benzene rings is 1. The number of aliphatic hydroxyl groups is 1. The first kappa shape index (κ1) is 12.2. The highest BCUT2D eigenvalue weighted by Gasteiger charge is 2.27. The lowest BCUT2D eigenvalue weighted by molar-refractivity contribution is -0.141. The van der Waals surface area contributed by atoms with E-state index in [0.717, 1.165) is 6.07 Å². The molecule has 0 heterocycles. The summed E-state index contributed by atoms with van der Waals surface area (Å²) in [5, 5.41) is 35.9. The number of aliphatic hydroxyl groups excluding tert-OH is 1. The van der Waals surface area contributed by atoms with Gasteiger partial charge in [0.25, 0.3) is 0 Å². The number of carboxylic acids is 1. The summed E-state index contributed by atoms with van der Waals surface area (Å²) in [5.41, 5.74) is 4.59. The van der Waals surface area contributed by atoms with Crippen molar-refractivity contribution in [1.29, 1.82) is 0 Å². The largest absolute Gasteiger partial charge is 0.504 e. The summed E-state index contributed by atoms with van der Waals surface area (Å²) in [4.78, 5) is 10.5. The molecule has 0 saturated heterocycles. The van der Waals surface area contributed by atoms with Crippen molar-refractivity contribution in [3.8, 4) is 11.5 Å². The van der Waals surface area contributed by atoms with Gasteiger partial charge in [-0.3, -0.25) is 4.79 Å². The third-order valence-corrected chi connectivity index (χ3v) is 2.04. The predicted octanol–water partition coefficient (Wildman–Crippen LogP) is -0.318. The Morgan fingerprint density at radius 2 is 1.81 bits per heavy atom. The summed E-state index contributed by atoms with van der Waals surface area (Å²) < 4.78 is 13.2. The lowest BCUT2D eigenvalue weighted by Crippen LogP contribution is -2.36. The highest BCUT2D eigenvalue weighted by Crippen LogP contribution is 2.31. The summed E-state index contributed by atoms with van der Waals surface area (Å²) in [5.74, 6) is -3.95. The topological polar surface area (TPSA) is 124 Å². The maximum atomic E-state index is 13.2. The van der Waals surface area contributed by atoms with Crippen LogP contribution in [0.2, 0.25) is 0 Å². The molecule has 0 fully saturated rings. The molecule has 0 aliphatic rings. The van der Waals surface area contributed by atoms with Crippen LogP contribution in [0.25, 0.3) is 0 Å². The summed E-state index contributed by atoms with van der Waals surface area (Å²) in [6.07, 6.45) is -1.82. The van der Waals surface area contributed by atoms with Gasteiger partial charge in [-0.25, -0.2) is 4.39 Å². The number of aliphatic carboxylic acids is 1. The lowest BCUT2D eigenvalue weighted by atomic mass is 10.0. The molecule has 6 nitrogen and oxygen atoms in total. The van der Waals surface area contributed by atoms with Crippen molar-refractivity contribution in [2.24, 2.45) is 5.73 Å². The molecule has 0 radical (unpaired) electrons. The summed E-state index contributed by atoms with van der Waals surface area (Å²) in [6.45, 7) is 0. The molecule has 0 unspecified atom stereocenters. The van der Waals surface area contributed by atoms with Crippen LogP contribution in [0.1, 0.15) is 11.7 Å². The zero-order valence-corrected chi connectivity index (χ0v) is 7.96. The van der Waals surface area contributed by atoms with E-state index in [1.54, 1.807) is 0 Å². The minimum absolute atomic E-state index is 0.495. The Labute approximate surface area is 89.4 Å². The average molecular weight is 231 g/mol. The van der Waals surface area contributed by atoms with Crippen molar-refractivity contribution in [2.45, 2.75) is 12.1 Å². The summed E-state index contributed by atoms with van der Waals surface area (Å²) in [6, 6.07) is -0.445. The Morgan fingerprint density at radius 3 is 2.31 bits per heavy atom. The Morgan fingerprint density at radius 1 is 1.31 bits per heavy atom. The molecule has 88 valence electrons. The predicted molar refractivity (Wildman–Crippen MR) is 50.3 cm³/mol. The third kappa shape index (κ3) is 2.20. The summed E-state index contributed by atoms with van der Waals surface area (Å²) >= 11 is 0. The number of hydrogen-bond acceptors (Lipinski definition) is 5. The molecular formula is C9H10FNO5. The van der Waals surface area contributed by atoms with Crippen LogP contribution in [0.15, 0.2) is 12.1 Å². The Hall–Kier alpha value is -1.86. The number of halogens is 1. The van der Waals surface area contributed by atoms with Gasteiger partial charge in [0.05, 0.1) is 0 Å². The van der Waals surface area contributed by atoms with Crippen LogP contribution in [0.5, 0.6) is 11.5 Å². The molecule has 0 spiro atoms. The second-order valence-electron chi connectivity index (χ2n) is 3.17. The first-order valence-corrected chi connectivity index (χ1v) is 4.22. The van der Waals surface area contributed by atoms with E-state index in [1.165, 1.54) is 0 Å². The second kappa shape index (κ2) is 4.33. The van der Waals surface area contributed by atoms with Gasteiger partial charge in [0.15, 0.2) is 11.5 Å². The van der Waals surface area contributed by atoms with Gasteiger partial charge < -0.3 is 26.2 Å². The van der Waals surface area contributed by atoms with Crippen LogP contribution in [-0.4, -0.2) is 32.4 Å². The molecule has 0 aliphatic heterocycles. The number of aromatic hydroxyl groups is 2. The molecule has 1 rings (SSSR count). The first-order valence-electron chi connectivity index (χ1n) is 4.22. The first-order chi connectivity index (χ1) is 7.34. The average Bonchev–Trinajstić information content (AvgIpc) is 2.21. The molecule has 16 heavy (non-hydrogen) atoms. The summed E-state index contributed by atoms with van der Waals surface area (Å²) in [7, 11) is 0. The van der Waals surface area contributed by atoms with Crippen molar-refractivity contribution in [2.75, 3.05) is 0 Å². The zero-order valence-electron chi connectivity index (χ0n) is 7.96. The fraction of sp³-hybridized carbons (Fsp3) is 0.222. The highest BCUT2D eigenvalue weighted by atomic mass is 19.1. The van der Waals surface area contributed by atoms with E-state index in [1.807, 2.05) is 0 Å². The number of hydrogen-bond donors (Lipinski definition) is 5. The van der Waals surface area contributed by atoms with E-state index >= 15 is 0 Å². The minimum atomic E-state index is -1.82. The molecule has 0 aliphatic carbocycles. The fourth-order valence-corrected chi connectivity index (χ4v) is 1.12. The lowest BCUT2D eigenvalue weighted by Gasteiger charge is -2.16. The molecule has 2 atom stereocenters. The third-order valence-electron chi connectivity index (χ3n) is 2.04. The van der Waals surface area contributed by atoms with Crippen molar-refractivity contribution in [3.05, 3.63) is 23.5 Å². The number of phenols is 2. The van der Waals surface area contributed by atoms with Gasteiger partial charge in [0.1, 0.15) is 18.0 Å². The molecule has 1 aromatic carbocycles. The minimum Gasteiger partial charge on any atom is -0.504 e. The Kier molecular flexibility index (Phi) is 3.31. The maximum absolute atomic E-state index is 13.2. The van der Waals surface area contributed by atoms with E-state index in [4.69, 9.17) is 21.1 Å². The monoisotopic (exact) mass is 231 g/mol. The standard InChI is InChI=1S/C9H10FNO5/c10-4-2-6(13)5(12)1-3(4)8(14)7(11)9(15)16/h1-2,7-8,12-14H,11H2,(H,15,16)/t7-,8-/m0/s1. The van der Waals surface area contributed by atoms with Gasteiger partial charge in [0.2, 0.25) is 0 Å². The smallest absolute Gasteiger partial charge is 0.323 e. The molecule has 1 aromatic rings.